The Bertz CT molecular complexity index is 1200. The topological polar surface area (TPSA) is 85.6 Å². The minimum Gasteiger partial charge on any atom is -0.465 e. The van der Waals surface area contributed by atoms with Gasteiger partial charge in [0.2, 0.25) is 0 Å². The van der Waals surface area contributed by atoms with E-state index in [1.165, 1.54) is 6.26 Å². The molecule has 2 atom stereocenters. The molecular formula is C25H27NO5. The van der Waals surface area contributed by atoms with Crippen LogP contribution in [0.15, 0.2) is 57.2 Å². The van der Waals surface area contributed by atoms with Crippen LogP contribution in [0.25, 0.3) is 11.0 Å². The van der Waals surface area contributed by atoms with Crippen molar-refractivity contribution < 1.29 is 18.7 Å². The molecule has 0 amide bonds. The lowest BCUT2D eigenvalue weighted by Gasteiger charge is -2.41. The number of allylic oxidation sites excluding steroid dienone is 2. The maximum Gasteiger partial charge on any atom is 0.315 e. The summed E-state index contributed by atoms with van der Waals surface area (Å²) < 4.78 is 11.1. The fourth-order valence-electron chi connectivity index (χ4n) is 4.77. The Morgan fingerprint density at radius 2 is 2.03 bits per heavy atom. The van der Waals surface area contributed by atoms with Crippen LogP contribution in [-0.2, 0) is 14.3 Å². The third-order valence-corrected chi connectivity index (χ3v) is 6.08. The van der Waals surface area contributed by atoms with Crippen LogP contribution in [0.1, 0.15) is 50.7 Å². The molecular weight excluding hydrogens is 394 g/mol. The average molecular weight is 421 g/mol. The number of Topliss-reactive ketones (excluding diaryl/α,β-unsaturated/α-hetero) is 1. The van der Waals surface area contributed by atoms with Gasteiger partial charge >= 0.3 is 5.97 Å². The zero-order valence-corrected chi connectivity index (χ0v) is 18.3. The van der Waals surface area contributed by atoms with Crippen LogP contribution >= 0.6 is 0 Å². The van der Waals surface area contributed by atoms with E-state index in [0.717, 1.165) is 11.3 Å². The molecule has 6 heteroatoms. The van der Waals surface area contributed by atoms with Gasteiger partial charge in [0.1, 0.15) is 11.5 Å². The minimum atomic E-state index is -0.894. The Labute approximate surface area is 181 Å². The van der Waals surface area contributed by atoms with Crippen molar-refractivity contribution in [3.63, 3.8) is 0 Å². The minimum absolute atomic E-state index is 0.0747. The number of aryl methyl sites for hydroxylation is 1. The monoisotopic (exact) mass is 421 g/mol. The molecule has 1 aromatic heterocycles. The van der Waals surface area contributed by atoms with E-state index in [4.69, 9.17) is 9.15 Å². The summed E-state index contributed by atoms with van der Waals surface area (Å²) in [6.07, 6.45) is 2.34. The highest BCUT2D eigenvalue weighted by Crippen LogP contribution is 2.47. The number of hydrogen-bond acceptors (Lipinski definition) is 6. The van der Waals surface area contributed by atoms with Gasteiger partial charge in [-0.25, -0.2) is 0 Å². The SMILES string of the molecule is C=C1NC2=C(C(=O)CC(C)(C)C2)C(c2coc3ccc(C)cc3c2=O)C1C(=O)OCC. The van der Waals surface area contributed by atoms with E-state index in [0.29, 0.717) is 35.1 Å². The molecule has 1 aliphatic heterocycles. The maximum absolute atomic E-state index is 13.5. The highest BCUT2D eigenvalue weighted by molar-refractivity contribution is 6.01. The lowest BCUT2D eigenvalue weighted by Crippen LogP contribution is -2.44. The standard InChI is InChI=1S/C25H27NO5/c1-6-30-24(29)20-14(3)26-17-10-25(4,5)11-18(27)22(17)21(20)16-12-31-19-8-7-13(2)9-15(19)23(16)28/h7-9,12,20-21,26H,3,6,10-11H2,1-2,4-5H3. The molecule has 2 aliphatic rings. The van der Waals surface area contributed by atoms with Crippen molar-refractivity contribution in [3.05, 3.63) is 69.4 Å². The van der Waals surface area contributed by atoms with Crippen LogP contribution in [-0.4, -0.2) is 18.4 Å². The first-order valence-corrected chi connectivity index (χ1v) is 10.5. The second-order valence-corrected chi connectivity index (χ2v) is 9.21. The molecule has 0 saturated carbocycles. The molecule has 1 aliphatic carbocycles. The summed E-state index contributed by atoms with van der Waals surface area (Å²) in [4.78, 5) is 39.7. The Balaban J connectivity index is 1.98. The van der Waals surface area contributed by atoms with Gasteiger partial charge in [-0.1, -0.05) is 32.1 Å². The summed E-state index contributed by atoms with van der Waals surface area (Å²) >= 11 is 0. The third-order valence-electron chi connectivity index (χ3n) is 6.08. The van der Waals surface area contributed by atoms with Gasteiger partial charge in [-0.05, 0) is 37.8 Å². The van der Waals surface area contributed by atoms with Crippen LogP contribution in [0.4, 0.5) is 0 Å². The van der Waals surface area contributed by atoms with Gasteiger partial charge in [0.05, 0.1) is 18.3 Å². The summed E-state index contributed by atoms with van der Waals surface area (Å²) in [5, 5.41) is 3.62. The van der Waals surface area contributed by atoms with Crippen molar-refractivity contribution >= 4 is 22.7 Å². The molecule has 4 rings (SSSR count). The molecule has 31 heavy (non-hydrogen) atoms. The van der Waals surface area contributed by atoms with Gasteiger partial charge in [0.25, 0.3) is 0 Å². The lowest BCUT2D eigenvalue weighted by atomic mass is 9.66. The second kappa shape index (κ2) is 7.52. The first-order chi connectivity index (χ1) is 14.6. The number of fused-ring (bicyclic) bond motifs is 1. The van der Waals surface area contributed by atoms with E-state index in [1.807, 2.05) is 26.8 Å². The Hall–Kier alpha value is -3.15. The molecule has 2 unspecified atom stereocenters. The number of hydrogen-bond donors (Lipinski definition) is 1. The molecule has 0 radical (unpaired) electrons. The number of rotatable bonds is 3. The summed E-state index contributed by atoms with van der Waals surface area (Å²) in [5.74, 6) is -2.28. The van der Waals surface area contributed by atoms with E-state index in [-0.39, 0.29) is 28.8 Å². The predicted octanol–water partition coefficient (Wildman–Crippen LogP) is 4.12. The van der Waals surface area contributed by atoms with Crippen LogP contribution in [0.2, 0.25) is 0 Å². The van der Waals surface area contributed by atoms with Crippen LogP contribution < -0.4 is 10.7 Å². The number of carbonyl (C=O) groups is 2. The molecule has 2 aromatic rings. The highest BCUT2D eigenvalue weighted by atomic mass is 16.5. The van der Waals surface area contributed by atoms with Gasteiger partial charge in [-0.15, -0.1) is 0 Å². The molecule has 0 spiro atoms. The Morgan fingerprint density at radius 3 is 2.74 bits per heavy atom. The first-order valence-electron chi connectivity index (χ1n) is 10.5. The van der Waals surface area contributed by atoms with Crippen molar-refractivity contribution in [1.29, 1.82) is 0 Å². The van der Waals surface area contributed by atoms with Gasteiger partial charge in [-0.3, -0.25) is 14.4 Å². The van der Waals surface area contributed by atoms with E-state index in [1.54, 1.807) is 19.1 Å². The molecule has 1 N–H and O–H groups in total. The molecule has 0 saturated heterocycles. The fraction of sp³-hybridized carbons (Fsp3) is 0.400. The first kappa shape index (κ1) is 21.1. The lowest BCUT2D eigenvalue weighted by molar-refractivity contribution is -0.147. The second-order valence-electron chi connectivity index (χ2n) is 9.21. The molecule has 0 fully saturated rings. The summed E-state index contributed by atoms with van der Waals surface area (Å²) in [6.45, 7) is 11.9. The van der Waals surface area contributed by atoms with E-state index >= 15 is 0 Å². The van der Waals surface area contributed by atoms with Crippen LogP contribution in [0.3, 0.4) is 0 Å². The number of esters is 1. The smallest absolute Gasteiger partial charge is 0.315 e. The fourth-order valence-corrected chi connectivity index (χ4v) is 4.77. The number of nitrogens with one attached hydrogen (secondary N) is 1. The van der Waals surface area contributed by atoms with Crippen molar-refractivity contribution in [1.82, 2.24) is 5.32 Å². The zero-order valence-electron chi connectivity index (χ0n) is 18.3. The maximum atomic E-state index is 13.5. The number of carbonyl (C=O) groups excluding carboxylic acids is 2. The zero-order chi connectivity index (χ0) is 22.5. The molecule has 1 aromatic carbocycles. The van der Waals surface area contributed by atoms with Crippen molar-refractivity contribution in [3.8, 4) is 0 Å². The average Bonchev–Trinajstić information content (AvgIpc) is 2.67. The quantitative estimate of drug-likeness (QED) is 0.750. The van der Waals surface area contributed by atoms with E-state index in [2.05, 4.69) is 11.9 Å². The van der Waals surface area contributed by atoms with Crippen molar-refractivity contribution in [2.45, 2.75) is 46.5 Å². The predicted molar refractivity (Wildman–Crippen MR) is 117 cm³/mol. The normalized spacial score (nSPS) is 22.8. The van der Waals surface area contributed by atoms with Gasteiger partial charge in [-0.2, -0.15) is 0 Å². The highest BCUT2D eigenvalue weighted by Gasteiger charge is 2.47. The summed E-state index contributed by atoms with van der Waals surface area (Å²) in [5.41, 5.74) is 2.80. The summed E-state index contributed by atoms with van der Waals surface area (Å²) in [6, 6.07) is 5.38. The molecule has 162 valence electrons. The Kier molecular flexibility index (Phi) is 5.12. The van der Waals surface area contributed by atoms with Crippen LogP contribution in [0.5, 0.6) is 0 Å². The molecule has 0 bridgehead atoms. The van der Waals surface area contributed by atoms with E-state index in [9.17, 15) is 14.4 Å². The number of ketones is 1. The summed E-state index contributed by atoms with van der Waals surface area (Å²) in [7, 11) is 0. The number of ether oxygens (including phenoxy) is 1. The van der Waals surface area contributed by atoms with Crippen LogP contribution in [0, 0.1) is 18.3 Å². The largest absolute Gasteiger partial charge is 0.465 e. The molecule has 6 nitrogen and oxygen atoms in total. The molecule has 2 heterocycles. The van der Waals surface area contributed by atoms with Gasteiger partial charge < -0.3 is 14.5 Å². The van der Waals surface area contributed by atoms with Crippen molar-refractivity contribution in [2.75, 3.05) is 6.61 Å². The van der Waals surface area contributed by atoms with Crippen molar-refractivity contribution in [2.24, 2.45) is 11.3 Å². The van der Waals surface area contributed by atoms with E-state index < -0.39 is 17.8 Å². The van der Waals surface area contributed by atoms with Gasteiger partial charge in [0, 0.05) is 34.9 Å². The Morgan fingerprint density at radius 1 is 1.29 bits per heavy atom. The third kappa shape index (κ3) is 3.60. The number of benzene rings is 1. The van der Waals surface area contributed by atoms with Gasteiger partial charge in [0.15, 0.2) is 11.2 Å².